The highest BCUT2D eigenvalue weighted by Crippen LogP contribution is 2.26. The molecule has 0 spiro atoms. The van der Waals surface area contributed by atoms with Gasteiger partial charge in [0.1, 0.15) is 5.82 Å². The van der Waals surface area contributed by atoms with Crippen molar-refractivity contribution in [1.82, 2.24) is 19.9 Å². The standard InChI is InChI=1S/C22H27N5O.H2/c23-21(28-15-5-14-27-12-2-1-3-13-27)8-9-22-25-16-20(26-22)17-6-4-7-19-18(17)10-11-24-19;/h4,6-11,16,23-24H,1-3,5,12-15H2,(H,25,26);1H/b9-8-,23-21?;. The number of H-pyrrole nitrogens is 2. The number of aromatic nitrogens is 3. The largest absolute Gasteiger partial charge is 0.478 e. The molecule has 6 nitrogen and oxygen atoms in total. The maximum atomic E-state index is 7.95. The maximum absolute atomic E-state index is 7.95. The molecule has 3 N–H and O–H groups in total. The summed E-state index contributed by atoms with van der Waals surface area (Å²) in [4.78, 5) is 13.4. The van der Waals surface area contributed by atoms with Gasteiger partial charge >= 0.3 is 0 Å². The van der Waals surface area contributed by atoms with E-state index in [0.717, 1.165) is 35.1 Å². The van der Waals surface area contributed by atoms with Gasteiger partial charge in [0.25, 0.3) is 0 Å². The number of likely N-dealkylation sites (tertiary alicyclic amines) is 1. The van der Waals surface area contributed by atoms with Crippen LogP contribution in [0.4, 0.5) is 0 Å². The Bertz CT molecular complexity index is 955. The van der Waals surface area contributed by atoms with Crippen LogP contribution in [-0.2, 0) is 4.74 Å². The highest BCUT2D eigenvalue weighted by Gasteiger charge is 2.09. The molecule has 28 heavy (non-hydrogen) atoms. The number of aromatic amines is 2. The second-order valence-corrected chi connectivity index (χ2v) is 7.23. The lowest BCUT2D eigenvalue weighted by Gasteiger charge is -2.26. The first-order valence-electron chi connectivity index (χ1n) is 10.0. The Kier molecular flexibility index (Phi) is 5.87. The number of nitrogens with zero attached hydrogens (tertiary/aromatic N) is 2. The van der Waals surface area contributed by atoms with E-state index in [4.69, 9.17) is 10.1 Å². The molecule has 3 heterocycles. The molecular weight excluding hydrogens is 350 g/mol. The van der Waals surface area contributed by atoms with Gasteiger partial charge in [-0.3, -0.25) is 5.41 Å². The number of ether oxygens (including phenoxy) is 1. The Morgan fingerprint density at radius 3 is 3.04 bits per heavy atom. The zero-order chi connectivity index (χ0) is 19.2. The fraction of sp³-hybridized carbons (Fsp3) is 0.364. The number of imidazole rings is 1. The number of piperidine rings is 1. The molecule has 0 bridgehead atoms. The molecular formula is C22H29N5O. The summed E-state index contributed by atoms with van der Waals surface area (Å²) in [5.74, 6) is 0.883. The number of nitrogens with one attached hydrogen (secondary N) is 3. The van der Waals surface area contributed by atoms with Crippen molar-refractivity contribution in [3.63, 3.8) is 0 Å². The normalized spacial score (nSPS) is 15.4. The van der Waals surface area contributed by atoms with E-state index in [1.807, 2.05) is 18.5 Å². The number of hydrogen-bond acceptors (Lipinski definition) is 4. The topological polar surface area (TPSA) is 80.8 Å². The molecule has 4 rings (SSSR count). The molecule has 0 amide bonds. The highest BCUT2D eigenvalue weighted by molar-refractivity contribution is 5.94. The number of rotatable bonds is 7. The zero-order valence-corrected chi connectivity index (χ0v) is 16.1. The molecule has 6 heteroatoms. The van der Waals surface area contributed by atoms with E-state index in [-0.39, 0.29) is 7.32 Å². The number of hydrogen-bond donors (Lipinski definition) is 3. The Balaban J connectivity index is 0.00000240. The second-order valence-electron chi connectivity index (χ2n) is 7.23. The molecule has 0 saturated carbocycles. The van der Waals surface area contributed by atoms with Gasteiger partial charge in [-0.15, -0.1) is 0 Å². The smallest absolute Gasteiger partial charge is 0.205 e. The fourth-order valence-corrected chi connectivity index (χ4v) is 3.73. The van der Waals surface area contributed by atoms with Gasteiger partial charge in [-0.2, -0.15) is 0 Å². The molecule has 1 fully saturated rings. The van der Waals surface area contributed by atoms with E-state index in [0.29, 0.717) is 12.4 Å². The summed E-state index contributed by atoms with van der Waals surface area (Å²) in [5, 5.41) is 9.11. The van der Waals surface area contributed by atoms with E-state index in [1.165, 1.54) is 32.4 Å². The van der Waals surface area contributed by atoms with Crippen LogP contribution in [0.25, 0.3) is 28.2 Å². The quantitative estimate of drug-likeness (QED) is 0.316. The van der Waals surface area contributed by atoms with Crippen molar-refractivity contribution in [3.05, 3.63) is 48.6 Å². The Hall–Kier alpha value is -2.86. The molecule has 0 atom stereocenters. The molecule has 2 aromatic heterocycles. The minimum Gasteiger partial charge on any atom is -0.478 e. The van der Waals surface area contributed by atoms with Crippen LogP contribution in [0, 0.1) is 5.41 Å². The number of benzene rings is 1. The van der Waals surface area contributed by atoms with E-state index in [2.05, 4.69) is 38.1 Å². The Morgan fingerprint density at radius 1 is 1.25 bits per heavy atom. The van der Waals surface area contributed by atoms with Gasteiger partial charge in [-0.1, -0.05) is 18.6 Å². The van der Waals surface area contributed by atoms with Crippen molar-refractivity contribution in [2.75, 3.05) is 26.2 Å². The van der Waals surface area contributed by atoms with Crippen LogP contribution in [-0.4, -0.2) is 52.0 Å². The predicted octanol–water partition coefficient (Wildman–Crippen LogP) is 4.69. The van der Waals surface area contributed by atoms with E-state index < -0.39 is 0 Å². The van der Waals surface area contributed by atoms with Gasteiger partial charge in [0.05, 0.1) is 18.5 Å². The van der Waals surface area contributed by atoms with Crippen molar-refractivity contribution in [3.8, 4) is 11.3 Å². The van der Waals surface area contributed by atoms with Gasteiger partial charge in [-0.25, -0.2) is 4.98 Å². The highest BCUT2D eigenvalue weighted by atomic mass is 16.5. The van der Waals surface area contributed by atoms with Crippen LogP contribution >= 0.6 is 0 Å². The predicted molar refractivity (Wildman–Crippen MR) is 116 cm³/mol. The lowest BCUT2D eigenvalue weighted by atomic mass is 10.1. The summed E-state index contributed by atoms with van der Waals surface area (Å²) < 4.78 is 5.52. The van der Waals surface area contributed by atoms with Crippen molar-refractivity contribution >= 4 is 22.9 Å². The SMILES string of the molecule is N=C(/C=C\c1ncc(-c2cccc3[nH]ccc23)[nH]1)OCCCN1CCCCC1.[HH]. The van der Waals surface area contributed by atoms with Gasteiger partial charge in [0, 0.05) is 36.7 Å². The first-order chi connectivity index (χ1) is 13.8. The Morgan fingerprint density at radius 2 is 2.14 bits per heavy atom. The average molecular weight is 380 g/mol. The summed E-state index contributed by atoms with van der Waals surface area (Å²) >= 11 is 0. The van der Waals surface area contributed by atoms with E-state index in [9.17, 15) is 0 Å². The molecule has 0 radical (unpaired) electrons. The van der Waals surface area contributed by atoms with Crippen LogP contribution in [0.1, 0.15) is 32.9 Å². The van der Waals surface area contributed by atoms with Crippen molar-refractivity contribution in [2.45, 2.75) is 25.7 Å². The first kappa shape index (κ1) is 18.5. The van der Waals surface area contributed by atoms with Gasteiger partial charge in [0.2, 0.25) is 5.90 Å². The minimum atomic E-state index is 0. The summed E-state index contributed by atoms with van der Waals surface area (Å²) in [7, 11) is 0. The van der Waals surface area contributed by atoms with Crippen molar-refractivity contribution < 1.29 is 6.16 Å². The molecule has 1 aromatic carbocycles. The third-order valence-corrected chi connectivity index (χ3v) is 5.20. The van der Waals surface area contributed by atoms with Crippen molar-refractivity contribution in [2.24, 2.45) is 0 Å². The molecule has 0 aliphatic carbocycles. The summed E-state index contributed by atoms with van der Waals surface area (Å²) in [6, 6.07) is 8.22. The van der Waals surface area contributed by atoms with Gasteiger partial charge in [0.15, 0.2) is 0 Å². The van der Waals surface area contributed by atoms with Gasteiger partial charge < -0.3 is 19.6 Å². The summed E-state index contributed by atoms with van der Waals surface area (Å²) in [5.41, 5.74) is 3.16. The molecule has 0 unspecified atom stereocenters. The first-order valence-corrected chi connectivity index (χ1v) is 10.0. The van der Waals surface area contributed by atoms with Crippen molar-refractivity contribution in [1.29, 1.82) is 5.41 Å². The molecule has 1 aliphatic rings. The third kappa shape index (κ3) is 4.51. The van der Waals surface area contributed by atoms with Crippen LogP contribution in [0.2, 0.25) is 0 Å². The summed E-state index contributed by atoms with van der Waals surface area (Å²) in [6.45, 7) is 4.05. The monoisotopic (exact) mass is 379 g/mol. The minimum absolute atomic E-state index is 0. The summed E-state index contributed by atoms with van der Waals surface area (Å²) in [6.07, 6.45) is 12.1. The van der Waals surface area contributed by atoms with Crippen LogP contribution in [0.5, 0.6) is 0 Å². The fourth-order valence-electron chi connectivity index (χ4n) is 3.73. The molecule has 148 valence electrons. The van der Waals surface area contributed by atoms with E-state index >= 15 is 0 Å². The Labute approximate surface area is 166 Å². The van der Waals surface area contributed by atoms with Crippen LogP contribution in [0.3, 0.4) is 0 Å². The van der Waals surface area contributed by atoms with Crippen LogP contribution in [0.15, 0.2) is 42.7 Å². The maximum Gasteiger partial charge on any atom is 0.205 e. The van der Waals surface area contributed by atoms with E-state index in [1.54, 1.807) is 12.2 Å². The molecule has 3 aromatic rings. The van der Waals surface area contributed by atoms with Gasteiger partial charge in [-0.05, 0) is 50.6 Å². The molecule has 1 aliphatic heterocycles. The van der Waals surface area contributed by atoms with Crippen LogP contribution < -0.4 is 0 Å². The number of fused-ring (bicyclic) bond motifs is 1. The zero-order valence-electron chi connectivity index (χ0n) is 16.1. The third-order valence-electron chi connectivity index (χ3n) is 5.20. The second kappa shape index (κ2) is 8.89. The molecule has 1 saturated heterocycles. The lowest BCUT2D eigenvalue weighted by molar-refractivity contribution is 0.202. The lowest BCUT2D eigenvalue weighted by Crippen LogP contribution is -2.31. The average Bonchev–Trinajstić information content (AvgIpc) is 3.39.